The van der Waals surface area contributed by atoms with Gasteiger partial charge in [0.15, 0.2) is 0 Å². The second kappa shape index (κ2) is 9.88. The highest BCUT2D eigenvalue weighted by molar-refractivity contribution is 5.83. The molecular formula is C20H39NO3. The molecule has 0 radical (unpaired) electrons. The van der Waals surface area contributed by atoms with Gasteiger partial charge >= 0.3 is 0 Å². The minimum Gasteiger partial charge on any atom is -0.380 e. The molecule has 1 aliphatic heterocycles. The number of hydrogen-bond acceptors (Lipinski definition) is 4. The molecule has 0 aromatic carbocycles. The summed E-state index contributed by atoms with van der Waals surface area (Å²) in [6.45, 7) is 18.0. The third-order valence-corrected chi connectivity index (χ3v) is 4.52. The molecule has 1 unspecified atom stereocenters. The molecule has 0 saturated carbocycles. The summed E-state index contributed by atoms with van der Waals surface area (Å²) in [5, 5.41) is 0. The third-order valence-electron chi connectivity index (χ3n) is 4.52. The van der Waals surface area contributed by atoms with E-state index in [1.807, 2.05) is 20.8 Å². The van der Waals surface area contributed by atoms with Crippen molar-refractivity contribution in [2.24, 2.45) is 10.8 Å². The van der Waals surface area contributed by atoms with E-state index in [0.29, 0.717) is 17.6 Å². The standard InChI is InChI=1S/C20H39NO3/c1-19(2,3)10-7-13-23-14-11-21-12-15-24-17(16-21)8-9-18(22)20(4,5)6/h17H,7-16H2,1-6H3. The van der Waals surface area contributed by atoms with Crippen LogP contribution in [0.25, 0.3) is 0 Å². The number of Topliss-reactive ketones (excluding diaryl/α,β-unsaturated/α-hetero) is 1. The Kier molecular flexibility index (Phi) is 8.89. The fourth-order valence-corrected chi connectivity index (χ4v) is 2.83. The first kappa shape index (κ1) is 21.6. The van der Waals surface area contributed by atoms with Gasteiger partial charge in [0.25, 0.3) is 0 Å². The number of ether oxygens (including phenoxy) is 2. The maximum atomic E-state index is 12.0. The monoisotopic (exact) mass is 341 g/mol. The van der Waals surface area contributed by atoms with Crippen LogP contribution in [0.4, 0.5) is 0 Å². The number of rotatable bonds is 9. The van der Waals surface area contributed by atoms with Gasteiger partial charge in [-0.3, -0.25) is 9.69 Å². The van der Waals surface area contributed by atoms with E-state index in [9.17, 15) is 4.79 Å². The lowest BCUT2D eigenvalue weighted by Gasteiger charge is -2.33. The lowest BCUT2D eigenvalue weighted by molar-refractivity contribution is -0.127. The zero-order valence-electron chi connectivity index (χ0n) is 16.8. The highest BCUT2D eigenvalue weighted by Gasteiger charge is 2.25. The minimum atomic E-state index is -0.241. The number of hydrogen-bond donors (Lipinski definition) is 0. The van der Waals surface area contributed by atoms with Crippen molar-refractivity contribution in [2.75, 3.05) is 39.5 Å². The molecule has 0 spiro atoms. The van der Waals surface area contributed by atoms with Crippen LogP contribution in [0.3, 0.4) is 0 Å². The lowest BCUT2D eigenvalue weighted by atomic mass is 9.87. The minimum absolute atomic E-state index is 0.186. The van der Waals surface area contributed by atoms with Crippen molar-refractivity contribution in [3.63, 3.8) is 0 Å². The number of carbonyl (C=O) groups is 1. The maximum absolute atomic E-state index is 12.0. The van der Waals surface area contributed by atoms with Crippen LogP contribution in [0.2, 0.25) is 0 Å². The summed E-state index contributed by atoms with van der Waals surface area (Å²) in [6.07, 6.45) is 3.97. The SMILES string of the molecule is CC(C)(C)CCCOCCN1CCOC(CCC(=O)C(C)(C)C)C1. The smallest absolute Gasteiger partial charge is 0.138 e. The highest BCUT2D eigenvalue weighted by Crippen LogP contribution is 2.21. The van der Waals surface area contributed by atoms with Crippen molar-refractivity contribution in [3.8, 4) is 0 Å². The second-order valence-corrected chi connectivity index (χ2v) is 9.28. The molecule has 1 aliphatic rings. The van der Waals surface area contributed by atoms with Gasteiger partial charge in [0.05, 0.1) is 19.3 Å². The average Bonchev–Trinajstić information content (AvgIpc) is 2.46. The van der Waals surface area contributed by atoms with Crippen LogP contribution < -0.4 is 0 Å². The van der Waals surface area contributed by atoms with Crippen LogP contribution in [0.1, 0.15) is 67.2 Å². The lowest BCUT2D eigenvalue weighted by Crippen LogP contribution is -2.44. The van der Waals surface area contributed by atoms with E-state index < -0.39 is 0 Å². The molecule has 1 rings (SSSR count). The highest BCUT2D eigenvalue weighted by atomic mass is 16.5. The predicted molar refractivity (Wildman–Crippen MR) is 99.4 cm³/mol. The number of morpholine rings is 1. The molecule has 0 N–H and O–H groups in total. The molecule has 4 nitrogen and oxygen atoms in total. The zero-order chi connectivity index (χ0) is 18.2. The van der Waals surface area contributed by atoms with Gasteiger partial charge in [0, 0.05) is 38.1 Å². The number of carbonyl (C=O) groups excluding carboxylic acids is 1. The number of ketones is 1. The van der Waals surface area contributed by atoms with Crippen LogP contribution in [0, 0.1) is 10.8 Å². The van der Waals surface area contributed by atoms with Crippen LogP contribution in [0.15, 0.2) is 0 Å². The zero-order valence-corrected chi connectivity index (χ0v) is 16.8. The van der Waals surface area contributed by atoms with Gasteiger partial charge in [0.2, 0.25) is 0 Å². The fourth-order valence-electron chi connectivity index (χ4n) is 2.83. The van der Waals surface area contributed by atoms with Crippen molar-refractivity contribution in [1.29, 1.82) is 0 Å². The molecule has 1 saturated heterocycles. The quantitative estimate of drug-likeness (QED) is 0.596. The van der Waals surface area contributed by atoms with E-state index >= 15 is 0 Å². The summed E-state index contributed by atoms with van der Waals surface area (Å²) in [6, 6.07) is 0. The molecule has 0 bridgehead atoms. The van der Waals surface area contributed by atoms with Crippen molar-refractivity contribution in [3.05, 3.63) is 0 Å². The van der Waals surface area contributed by atoms with E-state index in [0.717, 1.165) is 52.3 Å². The third kappa shape index (κ3) is 9.75. The van der Waals surface area contributed by atoms with Crippen molar-refractivity contribution < 1.29 is 14.3 Å². The van der Waals surface area contributed by atoms with E-state index in [4.69, 9.17) is 9.47 Å². The Labute approximate surface area is 149 Å². The van der Waals surface area contributed by atoms with Gasteiger partial charge in [-0.05, 0) is 24.7 Å². The molecule has 24 heavy (non-hydrogen) atoms. The van der Waals surface area contributed by atoms with Gasteiger partial charge in [-0.15, -0.1) is 0 Å². The van der Waals surface area contributed by atoms with Gasteiger partial charge in [-0.2, -0.15) is 0 Å². The molecule has 1 fully saturated rings. The summed E-state index contributed by atoms with van der Waals surface area (Å²) < 4.78 is 11.6. The van der Waals surface area contributed by atoms with Gasteiger partial charge in [-0.25, -0.2) is 0 Å². The summed E-state index contributed by atoms with van der Waals surface area (Å²) >= 11 is 0. The molecular weight excluding hydrogens is 302 g/mol. The molecule has 0 aliphatic carbocycles. The molecule has 0 aromatic rings. The Morgan fingerprint density at radius 2 is 1.88 bits per heavy atom. The molecule has 1 heterocycles. The van der Waals surface area contributed by atoms with E-state index in [2.05, 4.69) is 25.7 Å². The van der Waals surface area contributed by atoms with Crippen molar-refractivity contribution in [1.82, 2.24) is 4.90 Å². The van der Waals surface area contributed by atoms with Crippen LogP contribution in [-0.2, 0) is 14.3 Å². The summed E-state index contributed by atoms with van der Waals surface area (Å²) in [5.41, 5.74) is 0.153. The molecule has 0 amide bonds. The maximum Gasteiger partial charge on any atom is 0.138 e. The molecule has 142 valence electrons. The molecule has 1 atom stereocenters. The predicted octanol–water partition coefficient (Wildman–Crippen LogP) is 3.93. The normalized spacial score (nSPS) is 20.3. The van der Waals surface area contributed by atoms with E-state index in [1.165, 1.54) is 6.42 Å². The summed E-state index contributed by atoms with van der Waals surface area (Å²) in [4.78, 5) is 14.4. The largest absolute Gasteiger partial charge is 0.380 e. The number of nitrogens with zero attached hydrogens (tertiary/aromatic N) is 1. The summed E-state index contributed by atoms with van der Waals surface area (Å²) in [7, 11) is 0. The van der Waals surface area contributed by atoms with Crippen molar-refractivity contribution in [2.45, 2.75) is 73.3 Å². The van der Waals surface area contributed by atoms with Crippen molar-refractivity contribution >= 4 is 5.78 Å². The Hall–Kier alpha value is -0.450. The topological polar surface area (TPSA) is 38.8 Å². The first-order valence-electron chi connectivity index (χ1n) is 9.53. The first-order valence-corrected chi connectivity index (χ1v) is 9.53. The first-order chi connectivity index (χ1) is 11.1. The van der Waals surface area contributed by atoms with Crippen LogP contribution >= 0.6 is 0 Å². The average molecular weight is 342 g/mol. The Morgan fingerprint density at radius 1 is 1.17 bits per heavy atom. The summed E-state index contributed by atoms with van der Waals surface area (Å²) in [5.74, 6) is 0.324. The second-order valence-electron chi connectivity index (χ2n) is 9.28. The van der Waals surface area contributed by atoms with Gasteiger partial charge in [0.1, 0.15) is 5.78 Å². The van der Waals surface area contributed by atoms with E-state index in [1.54, 1.807) is 0 Å². The molecule has 4 heteroatoms. The Balaban J connectivity index is 2.14. The Morgan fingerprint density at radius 3 is 2.50 bits per heavy atom. The van der Waals surface area contributed by atoms with Gasteiger partial charge in [-0.1, -0.05) is 41.5 Å². The van der Waals surface area contributed by atoms with Crippen LogP contribution in [0.5, 0.6) is 0 Å². The van der Waals surface area contributed by atoms with Crippen LogP contribution in [-0.4, -0.2) is 56.2 Å². The van der Waals surface area contributed by atoms with Gasteiger partial charge < -0.3 is 9.47 Å². The molecule has 0 aromatic heterocycles. The fraction of sp³-hybridized carbons (Fsp3) is 0.950. The Bertz CT molecular complexity index is 368. The van der Waals surface area contributed by atoms with E-state index in [-0.39, 0.29) is 11.5 Å².